The summed E-state index contributed by atoms with van der Waals surface area (Å²) in [6, 6.07) is 12.6. The van der Waals surface area contributed by atoms with E-state index in [1.807, 2.05) is 18.2 Å². The average molecular weight is 399 g/mol. The second-order valence-corrected chi connectivity index (χ2v) is 7.38. The third kappa shape index (κ3) is 3.34. The maximum Gasteiger partial charge on any atom is 0.337 e. The van der Waals surface area contributed by atoms with E-state index in [-0.39, 0.29) is 11.9 Å². The van der Waals surface area contributed by atoms with Crippen molar-refractivity contribution in [1.29, 1.82) is 0 Å². The molecule has 1 aromatic heterocycles. The topological polar surface area (TPSA) is 59.5 Å². The first-order valence-corrected chi connectivity index (χ1v) is 9.57. The lowest BCUT2D eigenvalue weighted by Crippen LogP contribution is -2.29. The summed E-state index contributed by atoms with van der Waals surface area (Å²) in [5.41, 5.74) is 3.54. The van der Waals surface area contributed by atoms with Crippen LogP contribution < -0.4 is 4.90 Å². The van der Waals surface area contributed by atoms with Crippen molar-refractivity contribution in [3.63, 3.8) is 0 Å². The Labute approximate surface area is 165 Å². The van der Waals surface area contributed by atoms with E-state index >= 15 is 0 Å². The molecule has 1 amide bonds. The molecule has 27 heavy (non-hydrogen) atoms. The summed E-state index contributed by atoms with van der Waals surface area (Å²) >= 11 is 7.45. The highest BCUT2D eigenvalue weighted by atomic mass is 35.5. The summed E-state index contributed by atoms with van der Waals surface area (Å²) in [7, 11) is 1.35. The summed E-state index contributed by atoms with van der Waals surface area (Å²) in [4.78, 5) is 30.8. The van der Waals surface area contributed by atoms with Gasteiger partial charge in [0.2, 0.25) is 0 Å². The number of thiazole rings is 1. The van der Waals surface area contributed by atoms with E-state index in [2.05, 4.69) is 4.98 Å². The lowest BCUT2D eigenvalue weighted by molar-refractivity contribution is 0.0600. The van der Waals surface area contributed by atoms with Gasteiger partial charge in [-0.15, -0.1) is 11.3 Å². The van der Waals surface area contributed by atoms with Gasteiger partial charge in [-0.25, -0.2) is 9.78 Å². The number of aromatic nitrogens is 1. The van der Waals surface area contributed by atoms with E-state index < -0.39 is 0 Å². The van der Waals surface area contributed by atoms with Crippen molar-refractivity contribution in [2.75, 3.05) is 18.6 Å². The molecule has 0 spiro atoms. The Hall–Kier alpha value is -2.70. The smallest absolute Gasteiger partial charge is 0.337 e. The Bertz CT molecular complexity index is 1050. The third-order valence-electron chi connectivity index (χ3n) is 4.44. The number of carbonyl (C=O) groups excluding carboxylic acids is 2. The van der Waals surface area contributed by atoms with Crippen molar-refractivity contribution in [3.05, 3.63) is 69.7 Å². The van der Waals surface area contributed by atoms with Crippen LogP contribution in [0.2, 0.25) is 5.02 Å². The standard InChI is InChI=1S/C20H15ClN2O3S/c1-26-20(25)14-5-6-17-12(9-14)7-8-23(17)19(24)16-11-27-18(22-16)13-3-2-4-15(21)10-13/h2-6,9-11H,7-8H2,1H3. The maximum absolute atomic E-state index is 12.9. The van der Waals surface area contributed by atoms with Crippen LogP contribution in [0.15, 0.2) is 47.8 Å². The quantitative estimate of drug-likeness (QED) is 0.611. The van der Waals surface area contributed by atoms with Gasteiger partial charge in [0.1, 0.15) is 10.7 Å². The predicted molar refractivity (Wildman–Crippen MR) is 106 cm³/mol. The van der Waals surface area contributed by atoms with Crippen molar-refractivity contribution in [1.82, 2.24) is 4.98 Å². The monoisotopic (exact) mass is 398 g/mol. The Balaban J connectivity index is 1.60. The molecule has 2 aromatic carbocycles. The number of rotatable bonds is 3. The first-order valence-electron chi connectivity index (χ1n) is 8.31. The minimum Gasteiger partial charge on any atom is -0.465 e. The van der Waals surface area contributed by atoms with Crippen LogP contribution in [0.1, 0.15) is 26.4 Å². The molecular formula is C20H15ClN2O3S. The summed E-state index contributed by atoms with van der Waals surface area (Å²) in [6.45, 7) is 0.558. The van der Waals surface area contributed by atoms with Gasteiger partial charge in [0, 0.05) is 28.2 Å². The molecule has 0 radical (unpaired) electrons. The highest BCUT2D eigenvalue weighted by molar-refractivity contribution is 7.13. The fourth-order valence-electron chi connectivity index (χ4n) is 3.12. The number of anilines is 1. The first-order chi connectivity index (χ1) is 13.1. The third-order valence-corrected chi connectivity index (χ3v) is 5.56. The van der Waals surface area contributed by atoms with Crippen LogP contribution in [0.25, 0.3) is 10.6 Å². The van der Waals surface area contributed by atoms with Gasteiger partial charge in [-0.2, -0.15) is 0 Å². The highest BCUT2D eigenvalue weighted by Gasteiger charge is 2.28. The van der Waals surface area contributed by atoms with Crippen molar-refractivity contribution in [3.8, 4) is 10.6 Å². The highest BCUT2D eigenvalue weighted by Crippen LogP contribution is 2.32. The Morgan fingerprint density at radius 2 is 2.07 bits per heavy atom. The van der Waals surface area contributed by atoms with E-state index in [1.165, 1.54) is 18.4 Å². The van der Waals surface area contributed by atoms with Crippen LogP contribution in [0, 0.1) is 0 Å². The Kier molecular flexibility index (Phi) is 4.68. The molecule has 4 rings (SSSR count). The molecular weight excluding hydrogens is 384 g/mol. The van der Waals surface area contributed by atoms with E-state index in [1.54, 1.807) is 34.5 Å². The van der Waals surface area contributed by atoms with E-state index in [0.717, 1.165) is 21.8 Å². The molecule has 0 fully saturated rings. The number of nitrogens with zero attached hydrogens (tertiary/aromatic N) is 2. The summed E-state index contributed by atoms with van der Waals surface area (Å²) in [6.07, 6.45) is 0.692. The van der Waals surface area contributed by atoms with Gasteiger partial charge in [0.05, 0.1) is 12.7 Å². The molecule has 1 aliphatic heterocycles. The van der Waals surface area contributed by atoms with Crippen molar-refractivity contribution in [2.24, 2.45) is 0 Å². The van der Waals surface area contributed by atoms with Gasteiger partial charge < -0.3 is 9.64 Å². The number of hydrogen-bond acceptors (Lipinski definition) is 5. The number of benzene rings is 2. The number of ether oxygens (including phenoxy) is 1. The molecule has 2 heterocycles. The molecule has 0 N–H and O–H groups in total. The molecule has 0 unspecified atom stereocenters. The van der Waals surface area contributed by atoms with E-state index in [9.17, 15) is 9.59 Å². The molecule has 136 valence electrons. The normalized spacial score (nSPS) is 12.7. The average Bonchev–Trinajstić information content (AvgIpc) is 3.33. The number of esters is 1. The van der Waals surface area contributed by atoms with Crippen molar-refractivity contribution >= 4 is 40.5 Å². The van der Waals surface area contributed by atoms with Crippen LogP contribution >= 0.6 is 22.9 Å². The number of hydrogen-bond donors (Lipinski definition) is 0. The van der Waals surface area contributed by atoms with Gasteiger partial charge in [0.15, 0.2) is 0 Å². The first kappa shape index (κ1) is 17.7. The maximum atomic E-state index is 12.9. The van der Waals surface area contributed by atoms with Gasteiger partial charge in [-0.3, -0.25) is 4.79 Å². The fraction of sp³-hybridized carbons (Fsp3) is 0.150. The zero-order chi connectivity index (χ0) is 19.0. The Morgan fingerprint density at radius 3 is 2.85 bits per heavy atom. The number of halogens is 1. The van der Waals surface area contributed by atoms with Crippen LogP contribution in [0.3, 0.4) is 0 Å². The van der Waals surface area contributed by atoms with Gasteiger partial charge in [-0.1, -0.05) is 23.7 Å². The predicted octanol–water partition coefficient (Wildman–Crippen LogP) is 4.45. The molecule has 3 aromatic rings. The number of carbonyl (C=O) groups is 2. The Morgan fingerprint density at radius 1 is 1.22 bits per heavy atom. The largest absolute Gasteiger partial charge is 0.465 e. The lowest BCUT2D eigenvalue weighted by atomic mass is 10.1. The second-order valence-electron chi connectivity index (χ2n) is 6.09. The van der Waals surface area contributed by atoms with E-state index in [0.29, 0.717) is 29.2 Å². The minimum absolute atomic E-state index is 0.149. The van der Waals surface area contributed by atoms with Crippen molar-refractivity contribution < 1.29 is 14.3 Å². The number of amides is 1. The summed E-state index contributed by atoms with van der Waals surface area (Å²) < 4.78 is 4.76. The van der Waals surface area contributed by atoms with Crippen LogP contribution in [0.5, 0.6) is 0 Å². The summed E-state index contributed by atoms with van der Waals surface area (Å²) in [5, 5.41) is 3.14. The molecule has 0 aliphatic carbocycles. The van der Waals surface area contributed by atoms with Gasteiger partial charge in [-0.05, 0) is 42.3 Å². The second kappa shape index (κ2) is 7.13. The lowest BCUT2D eigenvalue weighted by Gasteiger charge is -2.16. The molecule has 5 nitrogen and oxygen atoms in total. The SMILES string of the molecule is COC(=O)c1ccc2c(c1)CCN2C(=O)c1csc(-c2cccc(Cl)c2)n1. The molecule has 0 saturated heterocycles. The van der Waals surface area contributed by atoms with Crippen LogP contribution in [-0.2, 0) is 11.2 Å². The molecule has 0 saturated carbocycles. The zero-order valence-electron chi connectivity index (χ0n) is 14.4. The van der Waals surface area contributed by atoms with Gasteiger partial charge >= 0.3 is 5.97 Å². The molecule has 0 atom stereocenters. The van der Waals surface area contributed by atoms with E-state index in [4.69, 9.17) is 16.3 Å². The molecule has 0 bridgehead atoms. The molecule has 1 aliphatic rings. The zero-order valence-corrected chi connectivity index (χ0v) is 16.0. The van der Waals surface area contributed by atoms with Crippen molar-refractivity contribution in [2.45, 2.75) is 6.42 Å². The minimum atomic E-state index is -0.381. The number of fused-ring (bicyclic) bond motifs is 1. The number of methoxy groups -OCH3 is 1. The molecule has 7 heteroatoms. The van der Waals surface area contributed by atoms with Crippen LogP contribution in [0.4, 0.5) is 5.69 Å². The van der Waals surface area contributed by atoms with Gasteiger partial charge in [0.25, 0.3) is 5.91 Å². The van der Waals surface area contributed by atoms with Crippen LogP contribution in [-0.4, -0.2) is 30.5 Å². The fourth-order valence-corrected chi connectivity index (χ4v) is 4.10. The summed E-state index contributed by atoms with van der Waals surface area (Å²) in [5.74, 6) is -0.530.